The molecule has 0 aliphatic rings. The molecule has 2 rings (SSSR count). The molecule has 3 amide bonds. The summed E-state index contributed by atoms with van der Waals surface area (Å²) in [5.41, 5.74) is -11.5. The van der Waals surface area contributed by atoms with Crippen LogP contribution in [-0.4, -0.2) is 68.4 Å². The van der Waals surface area contributed by atoms with Crippen LogP contribution in [0.4, 0.5) is 68.5 Å². The van der Waals surface area contributed by atoms with Gasteiger partial charge in [0.1, 0.15) is 6.54 Å². The van der Waals surface area contributed by atoms with Crippen molar-refractivity contribution < 1.29 is 76.2 Å². The van der Waals surface area contributed by atoms with Crippen LogP contribution in [0.15, 0.2) is 34.8 Å². The largest absolute Gasteiger partial charge is 0.435 e. The summed E-state index contributed by atoms with van der Waals surface area (Å²) in [5.74, 6) is -8.39. The summed E-state index contributed by atoms with van der Waals surface area (Å²) in [6, 6.07) is 1.76. The lowest BCUT2D eigenvalue weighted by Crippen LogP contribution is -2.50. The summed E-state index contributed by atoms with van der Waals surface area (Å²) >= 11 is 2.43. The lowest BCUT2D eigenvalue weighted by atomic mass is 9.93. The van der Waals surface area contributed by atoms with Crippen LogP contribution in [0.1, 0.15) is 15.9 Å². The van der Waals surface area contributed by atoms with E-state index >= 15 is 4.39 Å². The molecule has 7 nitrogen and oxygen atoms in total. The van der Waals surface area contributed by atoms with Crippen molar-refractivity contribution >= 4 is 45.0 Å². The third-order valence-electron chi connectivity index (χ3n) is 5.52. The SMILES string of the molecule is CN(CC(F)(F)F)C(=O)C(=O)N(C)c1cccc(C(=O)Nc2c(Br)cc(C(F)(C(F)(F)F)C(F)(F)F)cc2OC(F)F)c1F. The van der Waals surface area contributed by atoms with E-state index in [2.05, 4.69) is 20.7 Å². The highest BCUT2D eigenvalue weighted by molar-refractivity contribution is 9.10. The summed E-state index contributed by atoms with van der Waals surface area (Å²) in [4.78, 5) is 37.4. The van der Waals surface area contributed by atoms with E-state index in [4.69, 9.17) is 0 Å². The van der Waals surface area contributed by atoms with E-state index in [-0.39, 0.29) is 15.9 Å². The molecule has 21 heteroatoms. The third kappa shape index (κ3) is 7.65. The number of halogens is 14. The summed E-state index contributed by atoms with van der Waals surface area (Å²) in [5, 5.41) is 1.69. The third-order valence-corrected chi connectivity index (χ3v) is 6.15. The minimum absolute atomic E-state index is 0.0390. The highest BCUT2D eigenvalue weighted by atomic mass is 79.9. The van der Waals surface area contributed by atoms with Crippen molar-refractivity contribution in [2.75, 3.05) is 30.9 Å². The number of alkyl halides is 12. The molecular weight excluding hydrogens is 709 g/mol. The molecule has 1 N–H and O–H groups in total. The maximum Gasteiger partial charge on any atom is 0.435 e. The molecular formula is C23H15BrF13N3O4. The summed E-state index contributed by atoms with van der Waals surface area (Å²) in [6.07, 6.45) is -18.2. The number of rotatable bonds is 7. The second kappa shape index (κ2) is 12.7. The molecule has 0 aromatic heterocycles. The van der Waals surface area contributed by atoms with E-state index in [1.165, 1.54) is 0 Å². The fourth-order valence-corrected chi connectivity index (χ4v) is 4.01. The van der Waals surface area contributed by atoms with Crippen LogP contribution >= 0.6 is 15.9 Å². The van der Waals surface area contributed by atoms with Gasteiger partial charge in [-0.2, -0.15) is 48.3 Å². The van der Waals surface area contributed by atoms with Gasteiger partial charge in [0.05, 0.1) is 16.9 Å². The van der Waals surface area contributed by atoms with Crippen LogP contribution in [0, 0.1) is 5.82 Å². The van der Waals surface area contributed by atoms with Crippen LogP contribution in [-0.2, 0) is 15.3 Å². The number of ether oxygens (including phenoxy) is 1. The molecule has 0 saturated carbocycles. The number of nitrogens with one attached hydrogen (secondary N) is 1. The molecule has 0 fully saturated rings. The van der Waals surface area contributed by atoms with Crippen molar-refractivity contribution in [1.29, 1.82) is 0 Å². The zero-order valence-electron chi connectivity index (χ0n) is 21.5. The molecule has 244 valence electrons. The first-order chi connectivity index (χ1) is 19.8. The Morgan fingerprint density at radius 2 is 1.45 bits per heavy atom. The fraction of sp³-hybridized carbons (Fsp3) is 0.348. The maximum absolute atomic E-state index is 15.2. The van der Waals surface area contributed by atoms with E-state index in [9.17, 15) is 67.1 Å². The quantitative estimate of drug-likeness (QED) is 0.255. The van der Waals surface area contributed by atoms with Crippen LogP contribution in [0.2, 0.25) is 0 Å². The van der Waals surface area contributed by atoms with Gasteiger partial charge in [0.2, 0.25) is 0 Å². The lowest BCUT2D eigenvalue weighted by Gasteiger charge is -2.31. The van der Waals surface area contributed by atoms with Crippen molar-refractivity contribution in [3.63, 3.8) is 0 Å². The van der Waals surface area contributed by atoms with E-state index in [1.54, 1.807) is 5.32 Å². The number of hydrogen-bond donors (Lipinski definition) is 1. The van der Waals surface area contributed by atoms with Gasteiger partial charge in [-0.25, -0.2) is 8.78 Å². The Morgan fingerprint density at radius 1 is 0.909 bits per heavy atom. The molecule has 0 spiro atoms. The summed E-state index contributed by atoms with van der Waals surface area (Å²) in [6.45, 7) is -5.81. The second-order valence-electron chi connectivity index (χ2n) is 8.60. The smallest absolute Gasteiger partial charge is 0.433 e. The molecule has 0 aliphatic heterocycles. The number of anilines is 2. The monoisotopic (exact) mass is 723 g/mol. The number of nitrogens with zero attached hydrogens (tertiary/aromatic N) is 2. The van der Waals surface area contributed by atoms with Gasteiger partial charge >= 0.3 is 42.6 Å². The Hall–Kier alpha value is -3.78. The van der Waals surface area contributed by atoms with Crippen molar-refractivity contribution in [1.82, 2.24) is 4.90 Å². The van der Waals surface area contributed by atoms with Gasteiger partial charge in [-0.1, -0.05) is 6.07 Å². The molecule has 0 saturated heterocycles. The van der Waals surface area contributed by atoms with Gasteiger partial charge in [-0.3, -0.25) is 14.4 Å². The first kappa shape index (κ1) is 36.4. The van der Waals surface area contributed by atoms with Gasteiger partial charge in [0, 0.05) is 24.1 Å². The molecule has 0 unspecified atom stereocenters. The Balaban J connectivity index is 2.54. The lowest BCUT2D eigenvalue weighted by molar-refractivity contribution is -0.348. The van der Waals surface area contributed by atoms with E-state index < -0.39 is 99.7 Å². The summed E-state index contributed by atoms with van der Waals surface area (Å²) < 4.78 is 175. The predicted molar refractivity (Wildman–Crippen MR) is 127 cm³/mol. The predicted octanol–water partition coefficient (Wildman–Crippen LogP) is 6.71. The van der Waals surface area contributed by atoms with E-state index in [0.717, 1.165) is 19.2 Å². The van der Waals surface area contributed by atoms with Gasteiger partial charge < -0.3 is 19.9 Å². The van der Waals surface area contributed by atoms with Crippen LogP contribution < -0.4 is 15.0 Å². The number of likely N-dealkylation sites (N-methyl/N-ethyl adjacent to an activating group) is 2. The van der Waals surface area contributed by atoms with Crippen molar-refractivity contribution in [2.24, 2.45) is 0 Å². The van der Waals surface area contributed by atoms with Crippen molar-refractivity contribution in [3.8, 4) is 5.75 Å². The van der Waals surface area contributed by atoms with Gasteiger partial charge in [0.25, 0.3) is 5.91 Å². The van der Waals surface area contributed by atoms with Crippen LogP contribution in [0.5, 0.6) is 5.75 Å². The number of hydrogen-bond acceptors (Lipinski definition) is 4. The molecule has 2 aromatic rings. The van der Waals surface area contributed by atoms with Crippen molar-refractivity contribution in [2.45, 2.75) is 30.8 Å². The van der Waals surface area contributed by atoms with Gasteiger partial charge in [0.15, 0.2) is 11.6 Å². The topological polar surface area (TPSA) is 79.0 Å². The molecule has 0 heterocycles. The van der Waals surface area contributed by atoms with Crippen molar-refractivity contribution in [3.05, 3.63) is 51.7 Å². The maximum atomic E-state index is 15.2. The molecule has 2 aromatic carbocycles. The molecule has 0 atom stereocenters. The molecule has 0 aliphatic carbocycles. The standard InChI is InChI=1S/C23H15BrF13N3O4/c1-39(8-20(28,29)30)17(42)18(43)40(2)12-5-3-4-10(14(12)25)16(41)38-15-11(24)6-9(7-13(15)44-19(26)27)21(31,22(32,33)34)23(35,36)37/h3-7,19H,8H2,1-2H3,(H,38,41). The van der Waals surface area contributed by atoms with Crippen LogP contribution in [0.25, 0.3) is 0 Å². The Bertz CT molecular complexity index is 1410. The zero-order chi connectivity index (χ0) is 34.2. The van der Waals surface area contributed by atoms with E-state index in [1.807, 2.05) is 0 Å². The zero-order valence-corrected chi connectivity index (χ0v) is 23.1. The average Bonchev–Trinajstić information content (AvgIpc) is 2.86. The second-order valence-corrected chi connectivity index (χ2v) is 9.45. The Kier molecular flexibility index (Phi) is 10.5. The number of carbonyl (C=O) groups is 3. The number of carbonyl (C=O) groups excluding carboxylic acids is 3. The van der Waals surface area contributed by atoms with Gasteiger partial charge in [-0.05, 0) is 40.2 Å². The summed E-state index contributed by atoms with van der Waals surface area (Å²) in [7, 11) is 1.34. The Labute approximate surface area is 245 Å². The van der Waals surface area contributed by atoms with Gasteiger partial charge in [-0.15, -0.1) is 0 Å². The first-order valence-electron chi connectivity index (χ1n) is 11.1. The minimum Gasteiger partial charge on any atom is -0.433 e. The first-order valence-corrected chi connectivity index (χ1v) is 11.9. The Morgan fingerprint density at radius 3 is 1.93 bits per heavy atom. The normalized spacial score (nSPS) is 12.7. The molecule has 0 bridgehead atoms. The fourth-order valence-electron chi connectivity index (χ4n) is 3.47. The number of benzene rings is 2. The van der Waals surface area contributed by atoms with Crippen LogP contribution in [0.3, 0.4) is 0 Å². The number of amides is 3. The molecule has 44 heavy (non-hydrogen) atoms. The van der Waals surface area contributed by atoms with E-state index in [0.29, 0.717) is 13.1 Å². The molecule has 0 radical (unpaired) electrons. The highest BCUT2D eigenvalue weighted by Gasteiger charge is 2.73. The minimum atomic E-state index is -6.66. The average molecular weight is 724 g/mol. The highest BCUT2D eigenvalue weighted by Crippen LogP contribution is 2.55.